The summed E-state index contributed by atoms with van der Waals surface area (Å²) in [6.07, 6.45) is 1.27. The van der Waals surface area contributed by atoms with Crippen LogP contribution in [0.3, 0.4) is 0 Å². The fourth-order valence-corrected chi connectivity index (χ4v) is 7.17. The topological polar surface area (TPSA) is 164 Å². The molecule has 1 spiro atoms. The predicted molar refractivity (Wildman–Crippen MR) is 170 cm³/mol. The Kier molecular flexibility index (Phi) is 7.06. The van der Waals surface area contributed by atoms with Gasteiger partial charge in [-0.15, -0.1) is 0 Å². The number of hydrogen-bond donors (Lipinski definition) is 3. The molecule has 1 amide bonds. The zero-order valence-electron chi connectivity index (χ0n) is 27.0. The maximum atomic E-state index is 14.2. The lowest BCUT2D eigenvalue weighted by Gasteiger charge is -2.32. The van der Waals surface area contributed by atoms with Gasteiger partial charge in [0.2, 0.25) is 17.7 Å². The van der Waals surface area contributed by atoms with Gasteiger partial charge in [0, 0.05) is 23.6 Å². The van der Waals surface area contributed by atoms with E-state index < -0.39 is 34.6 Å². The number of aromatic nitrogens is 2. The fourth-order valence-electron chi connectivity index (χ4n) is 7.17. The Morgan fingerprint density at radius 1 is 1.11 bits per heavy atom. The molecule has 0 saturated heterocycles. The summed E-state index contributed by atoms with van der Waals surface area (Å²) in [6, 6.07) is 14.9. The summed E-state index contributed by atoms with van der Waals surface area (Å²) in [5, 5.41) is 27.3. The Bertz CT molecular complexity index is 1940. The molecule has 3 aliphatic rings. The number of nitrogens with one attached hydrogen (secondary N) is 2. The molecule has 5 heterocycles. The number of para-hydroxylation sites is 1. The number of ketones is 1. The Balaban J connectivity index is 1.50. The van der Waals surface area contributed by atoms with Crippen molar-refractivity contribution < 1.29 is 28.3 Å². The number of carbonyl (C=O) groups excluding carboxylic acids is 2. The van der Waals surface area contributed by atoms with Crippen LogP contribution in [-0.2, 0) is 21.4 Å². The standard InChI is InChI=1S/C36H37N5O6/c1-6-35(44,7-2)26(42)16-20-14-19-12-13-25-23(15-19)36(22-10-8-9-11-24(22)39-33(36)46-25)29-27(31-38-21(17-37)18-45-31)40-32(47-29)28(34(3,4)5)41-30(20)43/h8-13,15,18,20,28,33,39,44H,6-7,14,16H2,1-5H3,(H,41,43)/t20?,28-,33+,36?/m1/s1. The maximum Gasteiger partial charge on any atom is 0.250 e. The number of Topliss-reactive ketones (excluding diaryl/α,β-unsaturated/α-hetero) is 1. The number of ether oxygens (including phenoxy) is 1. The van der Waals surface area contributed by atoms with Gasteiger partial charge in [0.1, 0.15) is 35.1 Å². The van der Waals surface area contributed by atoms with Gasteiger partial charge in [-0.05, 0) is 47.9 Å². The molecule has 2 aromatic carbocycles. The third-order valence-electron chi connectivity index (χ3n) is 9.94. The zero-order chi connectivity index (χ0) is 33.3. The van der Waals surface area contributed by atoms with E-state index >= 15 is 0 Å². The molecular weight excluding hydrogens is 598 g/mol. The SMILES string of the molecule is CCC(O)(CC)C(=O)CC1Cc2ccc3c(c2)C2(c4ccccc4N[C@H]2O3)c2oc(nc2-c2nc(C#N)co2)[C@H](C(C)(C)C)NC1=O. The average Bonchev–Trinajstić information content (AvgIpc) is 3.82. The summed E-state index contributed by atoms with van der Waals surface area (Å²) in [5.74, 6) is -0.143. The first-order chi connectivity index (χ1) is 22.4. The molecule has 0 fully saturated rings. The smallest absolute Gasteiger partial charge is 0.250 e. The van der Waals surface area contributed by atoms with Crippen molar-refractivity contribution in [2.24, 2.45) is 11.3 Å². The summed E-state index contributed by atoms with van der Waals surface area (Å²) < 4.78 is 19.2. The number of nitriles is 1. The second kappa shape index (κ2) is 10.8. The third kappa shape index (κ3) is 4.65. The Labute approximate surface area is 272 Å². The van der Waals surface area contributed by atoms with E-state index in [1.54, 1.807) is 13.8 Å². The van der Waals surface area contributed by atoms with Gasteiger partial charge in [-0.25, -0.2) is 4.98 Å². The monoisotopic (exact) mass is 635 g/mol. The minimum atomic E-state index is -1.51. The highest BCUT2D eigenvalue weighted by molar-refractivity contribution is 5.92. The first-order valence-electron chi connectivity index (χ1n) is 16.0. The summed E-state index contributed by atoms with van der Waals surface area (Å²) in [4.78, 5) is 37.1. The van der Waals surface area contributed by atoms with E-state index in [0.717, 1.165) is 22.4 Å². The lowest BCUT2D eigenvalue weighted by atomic mass is 9.72. The molecule has 4 aromatic rings. The van der Waals surface area contributed by atoms with Gasteiger partial charge in [-0.1, -0.05) is 65.0 Å². The first-order valence-corrected chi connectivity index (χ1v) is 16.0. The van der Waals surface area contributed by atoms with Crippen LogP contribution in [0, 0.1) is 22.7 Å². The molecule has 47 heavy (non-hydrogen) atoms. The predicted octanol–water partition coefficient (Wildman–Crippen LogP) is 5.57. The maximum absolute atomic E-state index is 14.2. The number of oxazole rings is 2. The van der Waals surface area contributed by atoms with Crippen molar-refractivity contribution in [3.05, 3.63) is 82.8 Å². The molecule has 242 valence electrons. The molecule has 3 N–H and O–H groups in total. The van der Waals surface area contributed by atoms with Crippen LogP contribution in [0.4, 0.5) is 5.69 Å². The first kappa shape index (κ1) is 30.7. The minimum absolute atomic E-state index is 0.0880. The van der Waals surface area contributed by atoms with E-state index in [1.807, 2.05) is 69.3 Å². The van der Waals surface area contributed by atoms with E-state index in [-0.39, 0.29) is 60.5 Å². The molecule has 2 unspecified atom stereocenters. The molecule has 11 nitrogen and oxygen atoms in total. The van der Waals surface area contributed by atoms with Crippen LogP contribution in [0.25, 0.3) is 11.6 Å². The summed E-state index contributed by atoms with van der Waals surface area (Å²) in [6.45, 7) is 9.44. The average molecular weight is 636 g/mol. The van der Waals surface area contributed by atoms with Gasteiger partial charge in [0.25, 0.3) is 0 Å². The van der Waals surface area contributed by atoms with Gasteiger partial charge < -0.3 is 29.3 Å². The summed E-state index contributed by atoms with van der Waals surface area (Å²) in [5.41, 5.74) is 0.590. The fraction of sp³-hybridized carbons (Fsp3) is 0.417. The number of fused-ring (bicyclic) bond motifs is 4. The van der Waals surface area contributed by atoms with Gasteiger partial charge >= 0.3 is 0 Å². The lowest BCUT2D eigenvalue weighted by molar-refractivity contribution is -0.142. The summed E-state index contributed by atoms with van der Waals surface area (Å²) in [7, 11) is 0. The molecular formula is C36H37N5O6. The van der Waals surface area contributed by atoms with Crippen molar-refractivity contribution in [2.75, 3.05) is 5.32 Å². The molecule has 3 aliphatic heterocycles. The Hall–Kier alpha value is -4.95. The second-order valence-corrected chi connectivity index (χ2v) is 13.8. The molecule has 11 heteroatoms. The number of carbonyl (C=O) groups is 2. The van der Waals surface area contributed by atoms with E-state index in [9.17, 15) is 20.0 Å². The molecule has 7 rings (SSSR count). The highest BCUT2D eigenvalue weighted by atomic mass is 16.5. The van der Waals surface area contributed by atoms with Crippen LogP contribution in [0.2, 0.25) is 0 Å². The van der Waals surface area contributed by atoms with E-state index in [2.05, 4.69) is 15.6 Å². The van der Waals surface area contributed by atoms with Crippen molar-refractivity contribution in [1.82, 2.24) is 15.3 Å². The number of nitrogens with zero attached hydrogens (tertiary/aromatic N) is 3. The molecule has 0 saturated carbocycles. The molecule has 0 aliphatic carbocycles. The highest BCUT2D eigenvalue weighted by Crippen LogP contribution is 2.59. The number of aliphatic hydroxyl groups is 1. The number of rotatable bonds is 6. The van der Waals surface area contributed by atoms with Crippen LogP contribution < -0.4 is 15.4 Å². The highest BCUT2D eigenvalue weighted by Gasteiger charge is 2.61. The third-order valence-corrected chi connectivity index (χ3v) is 9.94. The Morgan fingerprint density at radius 3 is 2.57 bits per heavy atom. The van der Waals surface area contributed by atoms with Crippen LogP contribution in [-0.4, -0.2) is 38.6 Å². The van der Waals surface area contributed by atoms with Crippen LogP contribution in [0.15, 0.2) is 57.6 Å². The van der Waals surface area contributed by atoms with Crippen LogP contribution in [0.1, 0.15) is 94.0 Å². The largest absolute Gasteiger partial charge is 0.469 e. The van der Waals surface area contributed by atoms with E-state index in [4.69, 9.17) is 18.6 Å². The quantitative estimate of drug-likeness (QED) is 0.244. The molecule has 4 atom stereocenters. The normalized spacial score (nSPS) is 22.9. The van der Waals surface area contributed by atoms with Crippen LogP contribution >= 0.6 is 0 Å². The number of anilines is 1. The number of hydrogen-bond acceptors (Lipinski definition) is 10. The van der Waals surface area contributed by atoms with Gasteiger partial charge in [0.15, 0.2) is 29.2 Å². The van der Waals surface area contributed by atoms with Crippen molar-refractivity contribution in [1.29, 1.82) is 5.26 Å². The van der Waals surface area contributed by atoms with Crippen LogP contribution in [0.5, 0.6) is 5.75 Å². The second-order valence-electron chi connectivity index (χ2n) is 13.8. The number of benzene rings is 2. The Morgan fingerprint density at radius 2 is 1.87 bits per heavy atom. The number of amides is 1. The van der Waals surface area contributed by atoms with Gasteiger partial charge in [-0.3, -0.25) is 9.59 Å². The molecule has 0 radical (unpaired) electrons. The van der Waals surface area contributed by atoms with Crippen molar-refractivity contribution in [3.8, 4) is 23.4 Å². The molecule has 2 aromatic heterocycles. The van der Waals surface area contributed by atoms with E-state index in [1.165, 1.54) is 6.26 Å². The lowest BCUT2D eigenvalue weighted by Crippen LogP contribution is -2.44. The minimum Gasteiger partial charge on any atom is -0.469 e. The summed E-state index contributed by atoms with van der Waals surface area (Å²) >= 11 is 0. The van der Waals surface area contributed by atoms with E-state index in [0.29, 0.717) is 11.5 Å². The van der Waals surface area contributed by atoms with Gasteiger partial charge in [0.05, 0.1) is 0 Å². The van der Waals surface area contributed by atoms with Crippen molar-refractivity contribution in [2.45, 2.75) is 83.6 Å². The van der Waals surface area contributed by atoms with Crippen molar-refractivity contribution >= 4 is 17.4 Å². The van der Waals surface area contributed by atoms with Crippen molar-refractivity contribution in [3.63, 3.8) is 0 Å². The van der Waals surface area contributed by atoms with Gasteiger partial charge in [-0.2, -0.15) is 10.2 Å². The zero-order valence-corrected chi connectivity index (χ0v) is 27.0. The molecule has 4 bridgehead atoms.